The molecule has 31 heavy (non-hydrogen) atoms. The van der Waals surface area contributed by atoms with Crippen molar-refractivity contribution in [2.75, 3.05) is 5.32 Å². The Kier molecular flexibility index (Phi) is 6.32. The zero-order valence-electron chi connectivity index (χ0n) is 17.3. The Labute approximate surface area is 179 Å². The lowest BCUT2D eigenvalue weighted by Crippen LogP contribution is -2.30. The molecule has 3 N–H and O–H groups in total. The van der Waals surface area contributed by atoms with E-state index in [1.807, 2.05) is 17.6 Å². The molecule has 0 aliphatic heterocycles. The first-order valence-corrected chi connectivity index (χ1v) is 10.9. The van der Waals surface area contributed by atoms with Crippen LogP contribution in [0, 0.1) is 13.8 Å². The number of esters is 1. The predicted molar refractivity (Wildman–Crippen MR) is 113 cm³/mol. The van der Waals surface area contributed by atoms with Crippen molar-refractivity contribution in [3.05, 3.63) is 71.4 Å². The number of primary sulfonamides is 1. The zero-order chi connectivity index (χ0) is 22.8. The molecule has 1 amide bonds. The molecule has 0 bridgehead atoms. The normalized spacial score (nSPS) is 12.4. The van der Waals surface area contributed by atoms with Crippen LogP contribution in [0.4, 0.5) is 5.69 Å². The molecule has 164 valence electrons. The summed E-state index contributed by atoms with van der Waals surface area (Å²) in [4.78, 5) is 24.9. The minimum Gasteiger partial charge on any atom is -0.467 e. The third-order valence-corrected chi connectivity index (χ3v) is 5.68. The standard InChI is InChI=1S/C21H23N3O6S/c1-13-10-19(14(2)24(13)12-17-7-5-9-29-17)21(26)30-15(3)20(25)23-16-6-4-8-18(11-16)31(22,27)28/h4-11,15H,12H2,1-3H3,(H,23,25)(H2,22,27,28). The Morgan fingerprint density at radius 1 is 1.19 bits per heavy atom. The number of benzene rings is 1. The highest BCUT2D eigenvalue weighted by molar-refractivity contribution is 7.89. The van der Waals surface area contributed by atoms with Gasteiger partial charge in [0, 0.05) is 17.1 Å². The summed E-state index contributed by atoms with van der Waals surface area (Å²) in [5.74, 6) is -0.500. The number of nitrogens with zero attached hydrogens (tertiary/aromatic N) is 1. The number of nitrogens with one attached hydrogen (secondary N) is 1. The van der Waals surface area contributed by atoms with E-state index < -0.39 is 28.0 Å². The number of rotatable bonds is 7. The monoisotopic (exact) mass is 445 g/mol. The highest BCUT2D eigenvalue weighted by Gasteiger charge is 2.23. The smallest absolute Gasteiger partial charge is 0.340 e. The van der Waals surface area contributed by atoms with E-state index in [1.165, 1.54) is 31.2 Å². The molecule has 0 radical (unpaired) electrons. The van der Waals surface area contributed by atoms with Gasteiger partial charge in [0.15, 0.2) is 6.10 Å². The van der Waals surface area contributed by atoms with Crippen molar-refractivity contribution < 1.29 is 27.2 Å². The summed E-state index contributed by atoms with van der Waals surface area (Å²) in [5.41, 5.74) is 2.10. The summed E-state index contributed by atoms with van der Waals surface area (Å²) in [5, 5.41) is 7.62. The minimum atomic E-state index is -3.91. The molecule has 3 aromatic rings. The molecule has 0 saturated heterocycles. The number of amides is 1. The second-order valence-electron chi connectivity index (χ2n) is 7.06. The number of aryl methyl sites for hydroxylation is 1. The van der Waals surface area contributed by atoms with Gasteiger partial charge in [-0.25, -0.2) is 18.4 Å². The SMILES string of the molecule is Cc1cc(C(=O)OC(C)C(=O)Nc2cccc(S(N)(=O)=O)c2)c(C)n1Cc1ccco1. The summed E-state index contributed by atoms with van der Waals surface area (Å²) >= 11 is 0. The summed E-state index contributed by atoms with van der Waals surface area (Å²) in [6.45, 7) is 5.55. The largest absolute Gasteiger partial charge is 0.467 e. The number of hydrogen-bond acceptors (Lipinski definition) is 6. The summed E-state index contributed by atoms with van der Waals surface area (Å²) in [6, 6.07) is 10.8. The highest BCUT2D eigenvalue weighted by atomic mass is 32.2. The van der Waals surface area contributed by atoms with Crippen LogP contribution in [0.25, 0.3) is 0 Å². The third-order valence-electron chi connectivity index (χ3n) is 4.77. The van der Waals surface area contributed by atoms with Crippen molar-refractivity contribution in [3.63, 3.8) is 0 Å². The molecular formula is C21H23N3O6S. The average molecular weight is 445 g/mol. The lowest BCUT2D eigenvalue weighted by molar-refractivity contribution is -0.123. The summed E-state index contributed by atoms with van der Waals surface area (Å²) in [6.07, 6.45) is 0.469. The lowest BCUT2D eigenvalue weighted by atomic mass is 10.2. The topological polar surface area (TPSA) is 134 Å². The molecule has 1 unspecified atom stereocenters. The van der Waals surface area contributed by atoms with Gasteiger partial charge in [0.1, 0.15) is 5.76 Å². The number of furan rings is 1. The van der Waals surface area contributed by atoms with Gasteiger partial charge in [-0.2, -0.15) is 0 Å². The number of carbonyl (C=O) groups excluding carboxylic acids is 2. The molecule has 9 nitrogen and oxygen atoms in total. The van der Waals surface area contributed by atoms with E-state index in [1.54, 1.807) is 25.3 Å². The molecule has 1 atom stereocenters. The Balaban J connectivity index is 1.68. The molecule has 2 heterocycles. The van der Waals surface area contributed by atoms with Gasteiger partial charge in [-0.3, -0.25) is 4.79 Å². The first-order chi connectivity index (χ1) is 14.6. The van der Waals surface area contributed by atoms with Gasteiger partial charge in [-0.15, -0.1) is 0 Å². The predicted octanol–water partition coefficient (Wildman–Crippen LogP) is 2.58. The molecule has 0 spiro atoms. The van der Waals surface area contributed by atoms with Crippen LogP contribution < -0.4 is 10.5 Å². The maximum absolute atomic E-state index is 12.7. The first-order valence-electron chi connectivity index (χ1n) is 9.40. The molecular weight excluding hydrogens is 422 g/mol. The minimum absolute atomic E-state index is 0.140. The van der Waals surface area contributed by atoms with E-state index in [0.717, 1.165) is 11.5 Å². The maximum atomic E-state index is 12.7. The fourth-order valence-electron chi connectivity index (χ4n) is 3.08. The number of nitrogens with two attached hydrogens (primary N) is 1. The number of hydrogen-bond donors (Lipinski definition) is 2. The second kappa shape index (κ2) is 8.78. The Hall–Kier alpha value is -3.37. The third kappa shape index (κ3) is 5.22. The van der Waals surface area contributed by atoms with Crippen LogP contribution in [-0.4, -0.2) is 31.0 Å². The fraction of sp³-hybridized carbons (Fsp3) is 0.238. The van der Waals surface area contributed by atoms with Crippen molar-refractivity contribution in [2.24, 2.45) is 5.14 Å². The summed E-state index contributed by atoms with van der Waals surface area (Å²) < 4.78 is 35.5. The van der Waals surface area contributed by atoms with Gasteiger partial charge >= 0.3 is 5.97 Å². The Morgan fingerprint density at radius 2 is 1.94 bits per heavy atom. The van der Waals surface area contributed by atoms with E-state index in [4.69, 9.17) is 14.3 Å². The highest BCUT2D eigenvalue weighted by Crippen LogP contribution is 2.20. The zero-order valence-corrected chi connectivity index (χ0v) is 18.1. The van der Waals surface area contributed by atoms with E-state index in [-0.39, 0.29) is 10.6 Å². The number of ether oxygens (including phenoxy) is 1. The second-order valence-corrected chi connectivity index (χ2v) is 8.62. The van der Waals surface area contributed by atoms with Gasteiger partial charge in [0.25, 0.3) is 5.91 Å². The van der Waals surface area contributed by atoms with Gasteiger partial charge in [0.2, 0.25) is 10.0 Å². The van der Waals surface area contributed by atoms with Crippen LogP contribution >= 0.6 is 0 Å². The van der Waals surface area contributed by atoms with Gasteiger partial charge < -0.3 is 19.0 Å². The maximum Gasteiger partial charge on any atom is 0.340 e. The van der Waals surface area contributed by atoms with Crippen molar-refractivity contribution >= 4 is 27.6 Å². The van der Waals surface area contributed by atoms with Crippen LogP contribution in [0.5, 0.6) is 0 Å². The van der Waals surface area contributed by atoms with Crippen LogP contribution in [0.2, 0.25) is 0 Å². The van der Waals surface area contributed by atoms with Crippen LogP contribution in [0.3, 0.4) is 0 Å². The number of carbonyl (C=O) groups is 2. The molecule has 0 aliphatic carbocycles. The van der Waals surface area contributed by atoms with E-state index >= 15 is 0 Å². The Bertz CT molecular complexity index is 1210. The Morgan fingerprint density at radius 3 is 2.58 bits per heavy atom. The van der Waals surface area contributed by atoms with Crippen LogP contribution in [0.1, 0.15) is 34.4 Å². The fourth-order valence-corrected chi connectivity index (χ4v) is 3.64. The molecule has 1 aromatic carbocycles. The first kappa shape index (κ1) is 22.3. The van der Waals surface area contributed by atoms with Gasteiger partial charge in [-0.05, 0) is 57.2 Å². The summed E-state index contributed by atoms with van der Waals surface area (Å²) in [7, 11) is -3.91. The van der Waals surface area contributed by atoms with Crippen LogP contribution in [-0.2, 0) is 26.1 Å². The number of sulfonamides is 1. The molecule has 10 heteroatoms. The quantitative estimate of drug-likeness (QED) is 0.537. The van der Waals surface area contributed by atoms with Gasteiger partial charge in [-0.1, -0.05) is 6.07 Å². The van der Waals surface area contributed by atoms with Crippen molar-refractivity contribution in [1.29, 1.82) is 0 Å². The van der Waals surface area contributed by atoms with E-state index in [9.17, 15) is 18.0 Å². The van der Waals surface area contributed by atoms with E-state index in [2.05, 4.69) is 5.32 Å². The number of anilines is 1. The molecule has 0 saturated carbocycles. The van der Waals surface area contributed by atoms with Crippen LogP contribution in [0.15, 0.2) is 58.0 Å². The van der Waals surface area contributed by atoms with E-state index in [0.29, 0.717) is 17.8 Å². The molecule has 3 rings (SSSR count). The molecule has 0 fully saturated rings. The number of aromatic nitrogens is 1. The molecule has 2 aromatic heterocycles. The van der Waals surface area contributed by atoms with Crippen molar-refractivity contribution in [1.82, 2.24) is 4.57 Å². The van der Waals surface area contributed by atoms with Gasteiger partial charge in [0.05, 0.1) is 23.3 Å². The molecule has 0 aliphatic rings. The lowest BCUT2D eigenvalue weighted by Gasteiger charge is -2.14. The van der Waals surface area contributed by atoms with Crippen molar-refractivity contribution in [3.8, 4) is 0 Å². The van der Waals surface area contributed by atoms with Crippen molar-refractivity contribution in [2.45, 2.75) is 38.3 Å². The average Bonchev–Trinajstić information content (AvgIpc) is 3.31.